The van der Waals surface area contributed by atoms with E-state index in [4.69, 9.17) is 9.47 Å². The Labute approximate surface area is 189 Å². The predicted octanol–water partition coefficient (Wildman–Crippen LogP) is 4.75. The molecule has 3 aromatic carbocycles. The highest BCUT2D eigenvalue weighted by molar-refractivity contribution is 5.82. The number of hydrogen-bond acceptors (Lipinski definition) is 5. The SMILES string of the molecule is CCOC(=O)[C@H](CC(=O)OCc1ccccc1)N(Cc1ccccc1)Cc1ccccc1. The van der Waals surface area contributed by atoms with Gasteiger partial charge in [0.25, 0.3) is 0 Å². The van der Waals surface area contributed by atoms with E-state index in [1.807, 2.05) is 95.9 Å². The normalized spacial score (nSPS) is 11.7. The molecule has 0 unspecified atom stereocenters. The van der Waals surface area contributed by atoms with E-state index in [-0.39, 0.29) is 19.6 Å². The highest BCUT2D eigenvalue weighted by Crippen LogP contribution is 2.18. The van der Waals surface area contributed by atoms with Crippen molar-refractivity contribution in [2.75, 3.05) is 6.61 Å². The molecular formula is C27H29NO4. The smallest absolute Gasteiger partial charge is 0.323 e. The second-order valence-electron chi connectivity index (χ2n) is 7.49. The van der Waals surface area contributed by atoms with Crippen LogP contribution >= 0.6 is 0 Å². The minimum atomic E-state index is -0.751. The summed E-state index contributed by atoms with van der Waals surface area (Å²) in [5.41, 5.74) is 3.00. The second-order valence-corrected chi connectivity index (χ2v) is 7.49. The maximum absolute atomic E-state index is 12.9. The van der Waals surface area contributed by atoms with Crippen LogP contribution in [0.5, 0.6) is 0 Å². The molecule has 0 heterocycles. The lowest BCUT2D eigenvalue weighted by Crippen LogP contribution is -2.43. The van der Waals surface area contributed by atoms with Gasteiger partial charge < -0.3 is 9.47 Å². The molecule has 0 aliphatic heterocycles. The number of carbonyl (C=O) groups is 2. The topological polar surface area (TPSA) is 55.8 Å². The number of esters is 2. The highest BCUT2D eigenvalue weighted by atomic mass is 16.5. The number of nitrogens with zero attached hydrogens (tertiary/aromatic N) is 1. The number of hydrogen-bond donors (Lipinski definition) is 0. The zero-order valence-corrected chi connectivity index (χ0v) is 18.4. The maximum Gasteiger partial charge on any atom is 0.323 e. The van der Waals surface area contributed by atoms with Crippen LogP contribution in [0.15, 0.2) is 91.0 Å². The van der Waals surface area contributed by atoms with Gasteiger partial charge in [0.2, 0.25) is 0 Å². The van der Waals surface area contributed by atoms with Gasteiger partial charge >= 0.3 is 11.9 Å². The molecule has 0 spiro atoms. The van der Waals surface area contributed by atoms with E-state index in [9.17, 15) is 9.59 Å². The molecule has 5 heteroatoms. The summed E-state index contributed by atoms with van der Waals surface area (Å²) in [5.74, 6) is -0.853. The molecule has 166 valence electrons. The Hall–Kier alpha value is -3.44. The van der Waals surface area contributed by atoms with Crippen molar-refractivity contribution in [3.8, 4) is 0 Å². The van der Waals surface area contributed by atoms with Crippen LogP contribution in [0.1, 0.15) is 30.0 Å². The lowest BCUT2D eigenvalue weighted by Gasteiger charge is -2.30. The molecule has 0 saturated carbocycles. The van der Waals surface area contributed by atoms with Crippen LogP contribution in [-0.4, -0.2) is 29.5 Å². The molecule has 0 bridgehead atoms. The van der Waals surface area contributed by atoms with Gasteiger partial charge in [-0.2, -0.15) is 0 Å². The Morgan fingerprint density at radius 3 is 1.66 bits per heavy atom. The second kappa shape index (κ2) is 12.4. The van der Waals surface area contributed by atoms with E-state index in [2.05, 4.69) is 0 Å². The molecule has 0 saturated heterocycles. The number of carbonyl (C=O) groups excluding carboxylic acids is 2. The minimum Gasteiger partial charge on any atom is -0.465 e. The molecular weight excluding hydrogens is 402 g/mol. The number of ether oxygens (including phenoxy) is 2. The van der Waals surface area contributed by atoms with Crippen LogP contribution in [0, 0.1) is 0 Å². The van der Waals surface area contributed by atoms with E-state index in [0.717, 1.165) is 16.7 Å². The average molecular weight is 432 g/mol. The van der Waals surface area contributed by atoms with Gasteiger partial charge in [-0.1, -0.05) is 91.0 Å². The first kappa shape index (κ1) is 23.2. The molecule has 32 heavy (non-hydrogen) atoms. The zero-order chi connectivity index (χ0) is 22.6. The van der Waals surface area contributed by atoms with Crippen molar-refractivity contribution in [3.05, 3.63) is 108 Å². The van der Waals surface area contributed by atoms with Gasteiger partial charge in [-0.3, -0.25) is 14.5 Å². The predicted molar refractivity (Wildman–Crippen MR) is 123 cm³/mol. The molecule has 0 aromatic heterocycles. The Balaban J connectivity index is 1.78. The number of benzene rings is 3. The van der Waals surface area contributed by atoms with E-state index >= 15 is 0 Å². The van der Waals surface area contributed by atoms with Crippen molar-refractivity contribution in [1.82, 2.24) is 4.90 Å². The van der Waals surface area contributed by atoms with Gasteiger partial charge in [0, 0.05) is 13.1 Å². The first-order valence-corrected chi connectivity index (χ1v) is 10.8. The number of rotatable bonds is 11. The standard InChI is InChI=1S/C27H29NO4/c1-2-31-27(30)25(18-26(29)32-21-24-16-10-5-11-17-24)28(19-22-12-6-3-7-13-22)20-23-14-8-4-9-15-23/h3-17,25H,2,18-21H2,1H3/t25-/m0/s1. The molecule has 3 rings (SSSR count). The van der Waals surface area contributed by atoms with E-state index in [0.29, 0.717) is 13.1 Å². The highest BCUT2D eigenvalue weighted by Gasteiger charge is 2.30. The van der Waals surface area contributed by atoms with E-state index in [1.165, 1.54) is 0 Å². The third-order valence-electron chi connectivity index (χ3n) is 5.06. The molecule has 0 radical (unpaired) electrons. The van der Waals surface area contributed by atoms with Crippen molar-refractivity contribution in [2.24, 2.45) is 0 Å². The fourth-order valence-corrected chi connectivity index (χ4v) is 3.47. The molecule has 5 nitrogen and oxygen atoms in total. The van der Waals surface area contributed by atoms with Crippen LogP contribution in [0.25, 0.3) is 0 Å². The summed E-state index contributed by atoms with van der Waals surface area (Å²) < 4.78 is 10.8. The molecule has 0 N–H and O–H groups in total. The molecule has 0 aliphatic carbocycles. The Morgan fingerprint density at radius 2 is 1.19 bits per heavy atom. The summed E-state index contributed by atoms with van der Waals surface area (Å²) in [5, 5.41) is 0. The van der Waals surface area contributed by atoms with Gasteiger partial charge in [0.1, 0.15) is 12.6 Å². The molecule has 1 atom stereocenters. The molecule has 3 aromatic rings. The summed E-state index contributed by atoms with van der Waals surface area (Å²) in [4.78, 5) is 27.6. The maximum atomic E-state index is 12.9. The lowest BCUT2D eigenvalue weighted by atomic mass is 10.1. The van der Waals surface area contributed by atoms with Crippen LogP contribution in [-0.2, 0) is 38.8 Å². The first-order chi connectivity index (χ1) is 15.7. The average Bonchev–Trinajstić information content (AvgIpc) is 2.83. The third-order valence-corrected chi connectivity index (χ3v) is 5.06. The van der Waals surface area contributed by atoms with Crippen molar-refractivity contribution in [3.63, 3.8) is 0 Å². The lowest BCUT2D eigenvalue weighted by molar-refractivity contribution is -0.157. The Bertz CT molecular complexity index is 919. The Kier molecular flexibility index (Phi) is 9.02. The van der Waals surface area contributed by atoms with E-state index < -0.39 is 18.0 Å². The fourth-order valence-electron chi connectivity index (χ4n) is 3.47. The van der Waals surface area contributed by atoms with E-state index in [1.54, 1.807) is 6.92 Å². The van der Waals surface area contributed by atoms with Gasteiger partial charge in [0.05, 0.1) is 13.0 Å². The minimum absolute atomic E-state index is 0.0780. The quantitative estimate of drug-likeness (QED) is 0.410. The summed E-state index contributed by atoms with van der Waals surface area (Å²) in [6.07, 6.45) is -0.0780. The molecule has 0 aliphatic rings. The summed E-state index contributed by atoms with van der Waals surface area (Å²) >= 11 is 0. The van der Waals surface area contributed by atoms with Gasteiger partial charge in [-0.15, -0.1) is 0 Å². The molecule has 0 amide bonds. The summed E-state index contributed by atoms with van der Waals surface area (Å²) in [6.45, 7) is 3.20. The van der Waals surface area contributed by atoms with Gasteiger partial charge in [-0.25, -0.2) is 0 Å². The summed E-state index contributed by atoms with van der Waals surface area (Å²) in [7, 11) is 0. The van der Waals surface area contributed by atoms with Crippen LogP contribution < -0.4 is 0 Å². The molecule has 0 fully saturated rings. The summed E-state index contributed by atoms with van der Waals surface area (Å²) in [6, 6.07) is 28.5. The first-order valence-electron chi connectivity index (χ1n) is 10.8. The van der Waals surface area contributed by atoms with Crippen molar-refractivity contribution in [1.29, 1.82) is 0 Å². The van der Waals surface area contributed by atoms with Crippen LogP contribution in [0.3, 0.4) is 0 Å². The third kappa shape index (κ3) is 7.36. The monoisotopic (exact) mass is 431 g/mol. The Morgan fingerprint density at radius 1 is 0.719 bits per heavy atom. The largest absolute Gasteiger partial charge is 0.465 e. The van der Waals surface area contributed by atoms with Crippen LogP contribution in [0.4, 0.5) is 0 Å². The van der Waals surface area contributed by atoms with Crippen molar-refractivity contribution >= 4 is 11.9 Å². The fraction of sp³-hybridized carbons (Fsp3) is 0.259. The van der Waals surface area contributed by atoms with Crippen molar-refractivity contribution in [2.45, 2.75) is 39.1 Å². The van der Waals surface area contributed by atoms with Crippen LogP contribution in [0.2, 0.25) is 0 Å². The van der Waals surface area contributed by atoms with Gasteiger partial charge in [0.15, 0.2) is 0 Å². The van der Waals surface area contributed by atoms with Crippen molar-refractivity contribution < 1.29 is 19.1 Å². The zero-order valence-electron chi connectivity index (χ0n) is 18.4. The van der Waals surface area contributed by atoms with Gasteiger partial charge in [-0.05, 0) is 23.6 Å².